The van der Waals surface area contributed by atoms with E-state index in [1.807, 2.05) is 41.3 Å². The minimum Gasteiger partial charge on any atom is -0.476 e. The second kappa shape index (κ2) is 7.81. The van der Waals surface area contributed by atoms with Gasteiger partial charge in [0.1, 0.15) is 0 Å². The van der Waals surface area contributed by atoms with Gasteiger partial charge in [-0.15, -0.1) is 0 Å². The van der Waals surface area contributed by atoms with Crippen LogP contribution in [0.5, 0.6) is 0 Å². The number of aromatic nitrogens is 2. The van der Waals surface area contributed by atoms with Crippen molar-refractivity contribution in [2.45, 2.75) is 13.0 Å². The lowest BCUT2D eigenvalue weighted by Gasteiger charge is -2.32. The van der Waals surface area contributed by atoms with Gasteiger partial charge in [-0.2, -0.15) is 0 Å². The van der Waals surface area contributed by atoms with Crippen LogP contribution in [0.25, 0.3) is 10.2 Å². The first-order chi connectivity index (χ1) is 15.1. The molecule has 0 fully saturated rings. The van der Waals surface area contributed by atoms with Gasteiger partial charge in [0.2, 0.25) is 0 Å². The summed E-state index contributed by atoms with van der Waals surface area (Å²) in [6.07, 6.45) is 2.19. The van der Waals surface area contributed by atoms with E-state index in [2.05, 4.69) is 15.3 Å². The second-order valence-corrected chi connectivity index (χ2v) is 8.26. The third-order valence-corrected chi connectivity index (χ3v) is 6.31. The lowest BCUT2D eigenvalue weighted by Crippen LogP contribution is -2.33. The van der Waals surface area contributed by atoms with E-state index in [0.29, 0.717) is 35.9 Å². The standard InChI is InChI=1S/C23H18N4O3S/c28-21(26-23-25-17-7-1-2-9-19(17)31-23)15-6-3-5-14-10-12-27(13-16(14)15)18-8-4-11-24-20(18)22(29)30/h1-9,11H,10,12-13H2,(H,29,30)(H,25,26,28). The van der Waals surface area contributed by atoms with Crippen molar-refractivity contribution in [2.24, 2.45) is 0 Å². The number of amides is 1. The number of carbonyl (C=O) groups is 2. The van der Waals surface area contributed by atoms with Gasteiger partial charge in [0.15, 0.2) is 10.8 Å². The Morgan fingerprint density at radius 3 is 2.77 bits per heavy atom. The van der Waals surface area contributed by atoms with E-state index < -0.39 is 5.97 Å². The molecule has 1 aliphatic heterocycles. The molecule has 3 heterocycles. The molecule has 0 saturated heterocycles. The number of nitrogens with one attached hydrogen (secondary N) is 1. The number of fused-ring (bicyclic) bond motifs is 2. The van der Waals surface area contributed by atoms with Gasteiger partial charge >= 0.3 is 5.97 Å². The molecule has 0 aliphatic carbocycles. The molecule has 8 heteroatoms. The van der Waals surface area contributed by atoms with Gasteiger partial charge in [-0.3, -0.25) is 10.1 Å². The summed E-state index contributed by atoms with van der Waals surface area (Å²) in [7, 11) is 0. The monoisotopic (exact) mass is 430 g/mol. The van der Waals surface area contributed by atoms with Crippen LogP contribution in [0.4, 0.5) is 10.8 Å². The molecule has 0 bridgehead atoms. The van der Waals surface area contributed by atoms with Crippen molar-refractivity contribution in [3.05, 3.63) is 83.2 Å². The Balaban J connectivity index is 1.45. The average Bonchev–Trinajstić information content (AvgIpc) is 3.20. The third kappa shape index (κ3) is 3.62. The van der Waals surface area contributed by atoms with Gasteiger partial charge < -0.3 is 10.0 Å². The Morgan fingerprint density at radius 2 is 1.94 bits per heavy atom. The fraction of sp³-hybridized carbons (Fsp3) is 0.130. The Morgan fingerprint density at radius 1 is 1.06 bits per heavy atom. The number of thiazole rings is 1. The number of hydrogen-bond acceptors (Lipinski definition) is 6. The summed E-state index contributed by atoms with van der Waals surface area (Å²) >= 11 is 1.43. The van der Waals surface area contributed by atoms with E-state index in [9.17, 15) is 14.7 Å². The molecule has 0 spiro atoms. The number of carboxylic acids is 1. The maximum Gasteiger partial charge on any atom is 0.356 e. The van der Waals surface area contributed by atoms with Crippen LogP contribution in [0.1, 0.15) is 32.0 Å². The van der Waals surface area contributed by atoms with E-state index >= 15 is 0 Å². The minimum absolute atomic E-state index is 0.0161. The predicted molar refractivity (Wildman–Crippen MR) is 120 cm³/mol. The summed E-state index contributed by atoms with van der Waals surface area (Å²) in [6, 6.07) is 16.9. The van der Waals surface area contributed by atoms with E-state index in [-0.39, 0.29) is 11.6 Å². The zero-order valence-electron chi connectivity index (χ0n) is 16.4. The third-order valence-electron chi connectivity index (χ3n) is 5.36. The molecule has 7 nitrogen and oxygen atoms in total. The van der Waals surface area contributed by atoms with Crippen LogP contribution in [0.2, 0.25) is 0 Å². The second-order valence-electron chi connectivity index (χ2n) is 7.23. The molecule has 154 valence electrons. The lowest BCUT2D eigenvalue weighted by atomic mass is 9.94. The van der Waals surface area contributed by atoms with Crippen molar-refractivity contribution in [3.8, 4) is 0 Å². The van der Waals surface area contributed by atoms with Gasteiger partial charge in [-0.25, -0.2) is 14.8 Å². The number of nitrogens with zero attached hydrogens (tertiary/aromatic N) is 3. The molecule has 31 heavy (non-hydrogen) atoms. The molecule has 2 N–H and O–H groups in total. The zero-order valence-corrected chi connectivity index (χ0v) is 17.2. The van der Waals surface area contributed by atoms with Gasteiger partial charge in [-0.05, 0) is 47.9 Å². The molecule has 5 rings (SSSR count). The van der Waals surface area contributed by atoms with Crippen LogP contribution in [0, 0.1) is 0 Å². The first kappa shape index (κ1) is 19.2. The molecule has 4 aromatic rings. The topological polar surface area (TPSA) is 95.4 Å². The van der Waals surface area contributed by atoms with E-state index in [1.54, 1.807) is 18.2 Å². The van der Waals surface area contributed by atoms with Crippen molar-refractivity contribution in [3.63, 3.8) is 0 Å². The molecular weight excluding hydrogens is 412 g/mol. The molecule has 2 aromatic carbocycles. The average molecular weight is 430 g/mol. The van der Waals surface area contributed by atoms with Gasteiger partial charge in [-0.1, -0.05) is 35.6 Å². The summed E-state index contributed by atoms with van der Waals surface area (Å²) in [5.41, 5.74) is 3.98. The number of aromatic carboxylic acids is 1. The summed E-state index contributed by atoms with van der Waals surface area (Å²) in [5, 5.41) is 13.0. The van der Waals surface area contributed by atoms with Crippen LogP contribution in [0.3, 0.4) is 0 Å². The molecular formula is C23H18N4O3S. The Kier molecular flexibility index (Phi) is 4.83. The first-order valence-electron chi connectivity index (χ1n) is 9.81. The van der Waals surface area contributed by atoms with Crippen molar-refractivity contribution in [2.75, 3.05) is 16.8 Å². The molecule has 2 aromatic heterocycles. The number of para-hydroxylation sites is 1. The van der Waals surface area contributed by atoms with Gasteiger partial charge in [0.05, 0.1) is 15.9 Å². The molecule has 0 atom stereocenters. The molecule has 1 amide bonds. The maximum atomic E-state index is 13.1. The Hall–Kier alpha value is -3.78. The van der Waals surface area contributed by atoms with Crippen molar-refractivity contribution in [1.29, 1.82) is 0 Å². The highest BCUT2D eigenvalue weighted by atomic mass is 32.1. The Labute approximate surface area is 182 Å². The smallest absolute Gasteiger partial charge is 0.356 e. The number of pyridine rings is 1. The highest BCUT2D eigenvalue weighted by molar-refractivity contribution is 7.22. The molecule has 0 unspecified atom stereocenters. The number of anilines is 2. The van der Waals surface area contributed by atoms with E-state index in [4.69, 9.17) is 0 Å². The summed E-state index contributed by atoms with van der Waals surface area (Å²) in [5.74, 6) is -1.29. The first-order valence-corrected chi connectivity index (χ1v) is 10.6. The zero-order chi connectivity index (χ0) is 21.4. The number of carboxylic acid groups (broad SMARTS) is 1. The van der Waals surface area contributed by atoms with E-state index in [0.717, 1.165) is 21.3 Å². The highest BCUT2D eigenvalue weighted by Gasteiger charge is 2.25. The fourth-order valence-electron chi connectivity index (χ4n) is 3.91. The minimum atomic E-state index is -1.07. The molecule has 0 radical (unpaired) electrons. The van der Waals surface area contributed by atoms with Crippen LogP contribution in [-0.2, 0) is 13.0 Å². The number of rotatable bonds is 4. The van der Waals surface area contributed by atoms with Gasteiger partial charge in [0.25, 0.3) is 5.91 Å². The van der Waals surface area contributed by atoms with Crippen molar-refractivity contribution >= 4 is 44.2 Å². The van der Waals surface area contributed by atoms with Crippen LogP contribution < -0.4 is 10.2 Å². The summed E-state index contributed by atoms with van der Waals surface area (Å²) in [6.45, 7) is 1.09. The van der Waals surface area contributed by atoms with E-state index in [1.165, 1.54) is 17.5 Å². The SMILES string of the molecule is O=C(Nc1nc2ccccc2s1)c1cccc2c1CN(c1cccnc1C(=O)O)CC2. The van der Waals surface area contributed by atoms with Crippen molar-refractivity contribution in [1.82, 2.24) is 9.97 Å². The maximum absolute atomic E-state index is 13.1. The molecule has 0 saturated carbocycles. The lowest BCUT2D eigenvalue weighted by molar-refractivity contribution is 0.0691. The molecule has 1 aliphatic rings. The summed E-state index contributed by atoms with van der Waals surface area (Å²) in [4.78, 5) is 35.2. The van der Waals surface area contributed by atoms with Crippen LogP contribution in [-0.4, -0.2) is 33.5 Å². The van der Waals surface area contributed by atoms with Gasteiger partial charge in [0, 0.05) is 24.8 Å². The predicted octanol–water partition coefficient (Wildman–Crippen LogP) is 4.20. The quantitative estimate of drug-likeness (QED) is 0.504. The number of benzene rings is 2. The normalized spacial score (nSPS) is 13.1. The number of hydrogen-bond donors (Lipinski definition) is 2. The van der Waals surface area contributed by atoms with Crippen molar-refractivity contribution < 1.29 is 14.7 Å². The van der Waals surface area contributed by atoms with Crippen LogP contribution >= 0.6 is 11.3 Å². The summed E-state index contributed by atoms with van der Waals surface area (Å²) < 4.78 is 1.01. The Bertz CT molecular complexity index is 1280. The fourth-order valence-corrected chi connectivity index (χ4v) is 4.77. The number of carbonyl (C=O) groups excluding carboxylic acids is 1. The van der Waals surface area contributed by atoms with Crippen LogP contribution in [0.15, 0.2) is 60.8 Å². The highest BCUT2D eigenvalue weighted by Crippen LogP contribution is 2.30. The largest absolute Gasteiger partial charge is 0.476 e.